The third-order valence-electron chi connectivity index (χ3n) is 6.33. The van der Waals surface area contributed by atoms with Gasteiger partial charge in [0.1, 0.15) is 5.75 Å². The maximum Gasteiger partial charge on any atom is 0.248 e. The van der Waals surface area contributed by atoms with Gasteiger partial charge in [-0.1, -0.05) is 61.9 Å². The standard InChI is InChI=1S/C29H35N3O2/c1-21(9-8-10-22(2)19-28(34)31-25-11-6-7-12-27(25)33)13-14-24-23(3)26(15-16-29(24,4)5)32-18-17-30-20-32/h6-14,17-20,26,33H,15-16H2,1-5H3,(H,31,34). The van der Waals surface area contributed by atoms with Crippen molar-refractivity contribution in [1.82, 2.24) is 9.55 Å². The number of anilines is 1. The van der Waals surface area contributed by atoms with Crippen LogP contribution in [-0.2, 0) is 4.79 Å². The topological polar surface area (TPSA) is 67.2 Å². The van der Waals surface area contributed by atoms with Crippen molar-refractivity contribution in [2.45, 2.75) is 53.5 Å². The largest absolute Gasteiger partial charge is 0.506 e. The lowest BCUT2D eigenvalue weighted by atomic mass is 9.71. The summed E-state index contributed by atoms with van der Waals surface area (Å²) in [5.41, 5.74) is 5.24. The zero-order valence-electron chi connectivity index (χ0n) is 20.7. The lowest BCUT2D eigenvalue weighted by Crippen LogP contribution is -2.25. The number of rotatable bonds is 7. The molecule has 5 heteroatoms. The molecule has 0 saturated carbocycles. The highest BCUT2D eigenvalue weighted by molar-refractivity contribution is 6.00. The fraction of sp³-hybridized carbons (Fsp3) is 0.310. The van der Waals surface area contributed by atoms with Crippen LogP contribution in [0, 0.1) is 5.41 Å². The van der Waals surface area contributed by atoms with E-state index in [2.05, 4.69) is 54.7 Å². The van der Waals surface area contributed by atoms with Gasteiger partial charge in [0.2, 0.25) is 5.91 Å². The lowest BCUT2D eigenvalue weighted by molar-refractivity contribution is -0.112. The molecule has 2 aromatic rings. The van der Waals surface area contributed by atoms with Crippen LogP contribution in [0.25, 0.3) is 0 Å². The zero-order chi connectivity index (χ0) is 24.7. The van der Waals surface area contributed by atoms with Crippen LogP contribution in [0.1, 0.15) is 53.5 Å². The van der Waals surface area contributed by atoms with Crippen LogP contribution >= 0.6 is 0 Å². The molecular weight excluding hydrogens is 422 g/mol. The summed E-state index contributed by atoms with van der Waals surface area (Å²) in [6.07, 6.45) is 19.8. The van der Waals surface area contributed by atoms with E-state index in [1.807, 2.05) is 43.9 Å². The number of phenols is 1. The second kappa shape index (κ2) is 11.0. The van der Waals surface area contributed by atoms with Crippen LogP contribution in [0.5, 0.6) is 5.75 Å². The molecule has 0 aliphatic heterocycles. The number of hydrogen-bond acceptors (Lipinski definition) is 3. The third kappa shape index (κ3) is 6.47. The van der Waals surface area contributed by atoms with Crippen molar-refractivity contribution in [2.75, 3.05) is 5.32 Å². The Bertz CT molecular complexity index is 1160. The number of para-hydroxylation sites is 2. The first-order valence-corrected chi connectivity index (χ1v) is 11.7. The SMILES string of the molecule is CC(C=CC1=C(C)C(n2ccnc2)CCC1(C)C)=CC=CC(C)=CC(=O)Nc1ccccc1O. The molecule has 0 spiro atoms. The number of phenolic OH excluding ortho intramolecular Hbond substituents is 1. The molecular formula is C29H35N3O2. The van der Waals surface area contributed by atoms with Crippen LogP contribution < -0.4 is 5.32 Å². The molecule has 0 bridgehead atoms. The molecule has 1 unspecified atom stereocenters. The predicted molar refractivity (Wildman–Crippen MR) is 140 cm³/mol. The van der Waals surface area contributed by atoms with Gasteiger partial charge in [0.25, 0.3) is 0 Å². The molecule has 34 heavy (non-hydrogen) atoms. The lowest BCUT2D eigenvalue weighted by Gasteiger charge is -2.37. The van der Waals surface area contributed by atoms with E-state index in [1.165, 1.54) is 23.3 Å². The summed E-state index contributed by atoms with van der Waals surface area (Å²) < 4.78 is 2.20. The number of allylic oxidation sites excluding steroid dienone is 9. The monoisotopic (exact) mass is 457 g/mol. The summed E-state index contributed by atoms with van der Waals surface area (Å²) in [4.78, 5) is 16.4. The highest BCUT2D eigenvalue weighted by Crippen LogP contribution is 2.45. The van der Waals surface area contributed by atoms with Crippen molar-refractivity contribution in [3.05, 3.63) is 102 Å². The van der Waals surface area contributed by atoms with Gasteiger partial charge in [0.15, 0.2) is 0 Å². The van der Waals surface area contributed by atoms with E-state index in [4.69, 9.17) is 0 Å². The number of aromatic hydroxyl groups is 1. The Morgan fingerprint density at radius 2 is 1.97 bits per heavy atom. The zero-order valence-corrected chi connectivity index (χ0v) is 20.7. The Hall–Kier alpha value is -3.60. The van der Waals surface area contributed by atoms with Gasteiger partial charge < -0.3 is 15.0 Å². The number of benzene rings is 1. The highest BCUT2D eigenvalue weighted by atomic mass is 16.3. The Balaban J connectivity index is 1.67. The fourth-order valence-corrected chi connectivity index (χ4v) is 4.37. The Morgan fingerprint density at radius 1 is 1.21 bits per heavy atom. The average molecular weight is 458 g/mol. The van der Waals surface area contributed by atoms with Crippen LogP contribution in [0.4, 0.5) is 5.69 Å². The maximum absolute atomic E-state index is 12.2. The second-order valence-electron chi connectivity index (χ2n) is 9.54. The molecule has 178 valence electrons. The van der Waals surface area contributed by atoms with Gasteiger partial charge in [-0.15, -0.1) is 0 Å². The molecule has 5 nitrogen and oxygen atoms in total. The Labute approximate surface area is 202 Å². The summed E-state index contributed by atoms with van der Waals surface area (Å²) in [7, 11) is 0. The average Bonchev–Trinajstić information content (AvgIpc) is 3.29. The minimum absolute atomic E-state index is 0.0469. The van der Waals surface area contributed by atoms with E-state index in [9.17, 15) is 9.90 Å². The normalized spacial score (nSPS) is 19.3. The number of amides is 1. The first kappa shape index (κ1) is 25.0. The first-order valence-electron chi connectivity index (χ1n) is 11.7. The van der Waals surface area contributed by atoms with E-state index in [-0.39, 0.29) is 17.1 Å². The van der Waals surface area contributed by atoms with Gasteiger partial charge in [0.05, 0.1) is 18.1 Å². The van der Waals surface area contributed by atoms with Crippen molar-refractivity contribution in [3.8, 4) is 5.75 Å². The summed E-state index contributed by atoms with van der Waals surface area (Å²) >= 11 is 0. The van der Waals surface area contributed by atoms with E-state index in [0.717, 1.165) is 24.0 Å². The van der Waals surface area contributed by atoms with Crippen LogP contribution in [0.2, 0.25) is 0 Å². The van der Waals surface area contributed by atoms with Crippen molar-refractivity contribution in [3.63, 3.8) is 0 Å². The number of carbonyl (C=O) groups is 1. The minimum Gasteiger partial charge on any atom is -0.506 e. The molecule has 1 aromatic carbocycles. The molecule has 1 atom stereocenters. The molecule has 2 N–H and O–H groups in total. The molecule has 1 amide bonds. The number of aromatic nitrogens is 2. The number of hydrogen-bond donors (Lipinski definition) is 2. The predicted octanol–water partition coefficient (Wildman–Crippen LogP) is 6.91. The number of carbonyl (C=O) groups excluding carboxylic acids is 1. The third-order valence-corrected chi connectivity index (χ3v) is 6.33. The van der Waals surface area contributed by atoms with Gasteiger partial charge in [-0.3, -0.25) is 4.79 Å². The fourth-order valence-electron chi connectivity index (χ4n) is 4.37. The van der Waals surface area contributed by atoms with Crippen molar-refractivity contribution >= 4 is 11.6 Å². The molecule has 1 heterocycles. The van der Waals surface area contributed by atoms with Gasteiger partial charge in [-0.25, -0.2) is 4.98 Å². The van der Waals surface area contributed by atoms with Crippen molar-refractivity contribution < 1.29 is 9.90 Å². The highest BCUT2D eigenvalue weighted by Gasteiger charge is 2.32. The summed E-state index contributed by atoms with van der Waals surface area (Å²) in [6, 6.07) is 7.03. The second-order valence-corrected chi connectivity index (χ2v) is 9.54. The maximum atomic E-state index is 12.2. The Kier molecular flexibility index (Phi) is 8.11. The minimum atomic E-state index is -0.279. The molecule has 0 radical (unpaired) electrons. The number of nitrogens with zero attached hydrogens (tertiary/aromatic N) is 2. The van der Waals surface area contributed by atoms with Gasteiger partial charge in [-0.2, -0.15) is 0 Å². The molecule has 1 aliphatic carbocycles. The number of nitrogens with one attached hydrogen (secondary N) is 1. The van der Waals surface area contributed by atoms with E-state index >= 15 is 0 Å². The van der Waals surface area contributed by atoms with E-state index < -0.39 is 0 Å². The van der Waals surface area contributed by atoms with Crippen LogP contribution in [0.15, 0.2) is 102 Å². The van der Waals surface area contributed by atoms with Gasteiger partial charge in [-0.05, 0) is 67.9 Å². The molecule has 1 aliphatic rings. The van der Waals surface area contributed by atoms with Crippen molar-refractivity contribution in [2.24, 2.45) is 5.41 Å². The molecule has 1 aromatic heterocycles. The van der Waals surface area contributed by atoms with E-state index in [1.54, 1.807) is 18.2 Å². The number of imidazole rings is 1. The summed E-state index contributed by atoms with van der Waals surface area (Å²) in [6.45, 7) is 10.8. The van der Waals surface area contributed by atoms with Crippen LogP contribution in [0.3, 0.4) is 0 Å². The van der Waals surface area contributed by atoms with Crippen molar-refractivity contribution in [1.29, 1.82) is 0 Å². The van der Waals surface area contributed by atoms with Gasteiger partial charge >= 0.3 is 0 Å². The molecule has 0 saturated heterocycles. The first-order chi connectivity index (χ1) is 16.2. The van der Waals surface area contributed by atoms with E-state index in [0.29, 0.717) is 11.7 Å². The molecule has 3 rings (SSSR count). The van der Waals surface area contributed by atoms with Crippen LogP contribution in [-0.4, -0.2) is 20.6 Å². The smallest absolute Gasteiger partial charge is 0.248 e. The summed E-state index contributed by atoms with van der Waals surface area (Å²) in [5.74, 6) is -0.232. The van der Waals surface area contributed by atoms with Gasteiger partial charge in [0, 0.05) is 18.5 Å². The molecule has 0 fully saturated rings. The summed E-state index contributed by atoms with van der Waals surface area (Å²) in [5, 5.41) is 12.5. The quantitative estimate of drug-likeness (QED) is 0.270. The Morgan fingerprint density at radius 3 is 2.68 bits per heavy atom.